The lowest BCUT2D eigenvalue weighted by molar-refractivity contribution is -0.210. The van der Waals surface area contributed by atoms with Crippen LogP contribution in [-0.4, -0.2) is 45.3 Å². The molecule has 1 amide bonds. The fraction of sp³-hybridized carbons (Fsp3) is 0.524. The summed E-state index contributed by atoms with van der Waals surface area (Å²) in [6.45, 7) is 8.03. The quantitative estimate of drug-likeness (QED) is 0.891. The number of aromatic amines is 1. The summed E-state index contributed by atoms with van der Waals surface area (Å²) in [5.74, 6) is 0.427. The Morgan fingerprint density at radius 2 is 2.00 bits per heavy atom. The summed E-state index contributed by atoms with van der Waals surface area (Å²) in [7, 11) is 0. The number of ether oxygens (including phenoxy) is 1. The van der Waals surface area contributed by atoms with Crippen LogP contribution < -0.4 is 0 Å². The molecule has 2 atom stereocenters. The van der Waals surface area contributed by atoms with Gasteiger partial charge in [-0.15, -0.1) is 0 Å². The van der Waals surface area contributed by atoms with Gasteiger partial charge in [-0.05, 0) is 46.1 Å². The number of hydrogen-bond acceptors (Lipinski definition) is 3. The molecule has 3 heterocycles. The molecule has 1 N–H and O–H groups in total. The van der Waals surface area contributed by atoms with Crippen LogP contribution in [0.1, 0.15) is 50.5 Å². The normalized spacial score (nSPS) is 27.8. The first-order chi connectivity index (χ1) is 12.4. The maximum atomic E-state index is 13.0. The Balaban J connectivity index is 1.48. The van der Waals surface area contributed by atoms with E-state index in [9.17, 15) is 4.79 Å². The fourth-order valence-electron chi connectivity index (χ4n) is 4.39. The Kier molecular flexibility index (Phi) is 4.14. The van der Waals surface area contributed by atoms with Crippen molar-refractivity contribution in [3.63, 3.8) is 0 Å². The van der Waals surface area contributed by atoms with Gasteiger partial charge >= 0.3 is 0 Å². The number of rotatable bonds is 2. The summed E-state index contributed by atoms with van der Waals surface area (Å²) in [6, 6.07) is 11.8. The molecular weight excluding hydrogens is 326 g/mol. The van der Waals surface area contributed by atoms with Crippen LogP contribution in [-0.2, 0) is 4.74 Å². The average Bonchev–Trinajstić information content (AvgIpc) is 3.10. The summed E-state index contributed by atoms with van der Waals surface area (Å²) in [4.78, 5) is 14.9. The van der Waals surface area contributed by atoms with E-state index in [0.717, 1.165) is 43.6 Å². The van der Waals surface area contributed by atoms with E-state index in [1.165, 1.54) is 0 Å². The number of carbonyl (C=O) groups excluding carboxylic acids is 1. The summed E-state index contributed by atoms with van der Waals surface area (Å²) in [5, 5.41) is 7.24. The lowest BCUT2D eigenvalue weighted by atomic mass is 9.74. The van der Waals surface area contributed by atoms with Gasteiger partial charge in [-0.3, -0.25) is 9.89 Å². The van der Waals surface area contributed by atoms with E-state index in [1.807, 2.05) is 41.3 Å². The molecule has 2 aromatic rings. The Labute approximate surface area is 154 Å². The van der Waals surface area contributed by atoms with Gasteiger partial charge in [0.1, 0.15) is 5.69 Å². The minimum atomic E-state index is -0.123. The minimum Gasteiger partial charge on any atom is -0.369 e. The van der Waals surface area contributed by atoms with Crippen LogP contribution in [0.3, 0.4) is 0 Å². The molecule has 26 heavy (non-hydrogen) atoms. The second-order valence-corrected chi connectivity index (χ2v) is 8.44. The van der Waals surface area contributed by atoms with Crippen LogP contribution >= 0.6 is 0 Å². The van der Waals surface area contributed by atoms with Crippen LogP contribution in [0.2, 0.25) is 0 Å². The van der Waals surface area contributed by atoms with Crippen molar-refractivity contribution in [1.29, 1.82) is 0 Å². The van der Waals surface area contributed by atoms with E-state index < -0.39 is 0 Å². The van der Waals surface area contributed by atoms with Gasteiger partial charge in [-0.1, -0.05) is 30.3 Å². The highest BCUT2D eigenvalue weighted by Gasteiger charge is 2.48. The predicted octanol–water partition coefficient (Wildman–Crippen LogP) is 3.89. The molecule has 1 aromatic carbocycles. The van der Waals surface area contributed by atoms with Crippen molar-refractivity contribution in [2.75, 3.05) is 13.1 Å². The van der Waals surface area contributed by atoms with Gasteiger partial charge in [0.25, 0.3) is 5.91 Å². The Morgan fingerprint density at radius 3 is 2.77 bits per heavy atom. The molecule has 0 spiro atoms. The summed E-state index contributed by atoms with van der Waals surface area (Å²) in [6.07, 6.45) is 3.02. The van der Waals surface area contributed by atoms with Crippen LogP contribution in [0.4, 0.5) is 0 Å². The van der Waals surface area contributed by atoms with Gasteiger partial charge in [0.05, 0.1) is 16.9 Å². The number of piperidine rings is 1. The van der Waals surface area contributed by atoms with Crippen LogP contribution in [0, 0.1) is 5.92 Å². The number of fused-ring (bicyclic) bond motifs is 1. The number of hydrogen-bond donors (Lipinski definition) is 1. The van der Waals surface area contributed by atoms with Crippen molar-refractivity contribution in [2.24, 2.45) is 5.92 Å². The molecule has 0 aliphatic carbocycles. The van der Waals surface area contributed by atoms with Crippen molar-refractivity contribution in [3.8, 4) is 11.3 Å². The topological polar surface area (TPSA) is 58.2 Å². The second kappa shape index (κ2) is 6.23. The van der Waals surface area contributed by atoms with Gasteiger partial charge in [0, 0.05) is 24.6 Å². The zero-order valence-corrected chi connectivity index (χ0v) is 15.8. The van der Waals surface area contributed by atoms with Crippen LogP contribution in [0.5, 0.6) is 0 Å². The third-order valence-corrected chi connectivity index (χ3v) is 5.95. The zero-order chi connectivity index (χ0) is 18.4. The van der Waals surface area contributed by atoms with Crippen LogP contribution in [0.25, 0.3) is 11.3 Å². The minimum absolute atomic E-state index is 0.0339. The Hall–Kier alpha value is -2.14. The molecule has 138 valence electrons. The monoisotopic (exact) mass is 353 g/mol. The third-order valence-electron chi connectivity index (χ3n) is 5.95. The number of benzene rings is 1. The number of nitrogens with zero attached hydrogens (tertiary/aromatic N) is 2. The summed E-state index contributed by atoms with van der Waals surface area (Å²) < 4.78 is 6.40. The predicted molar refractivity (Wildman–Crippen MR) is 101 cm³/mol. The average molecular weight is 353 g/mol. The zero-order valence-electron chi connectivity index (χ0n) is 15.8. The number of likely N-dealkylation sites (tertiary alicyclic amines) is 1. The second-order valence-electron chi connectivity index (χ2n) is 8.44. The molecule has 2 saturated heterocycles. The summed E-state index contributed by atoms with van der Waals surface area (Å²) >= 11 is 0. The molecule has 0 radical (unpaired) electrons. The van der Waals surface area contributed by atoms with Gasteiger partial charge in [-0.2, -0.15) is 5.10 Å². The van der Waals surface area contributed by atoms with Crippen molar-refractivity contribution in [2.45, 2.75) is 51.2 Å². The number of carbonyl (C=O) groups is 1. The molecule has 1 aromatic heterocycles. The maximum Gasteiger partial charge on any atom is 0.271 e. The van der Waals surface area contributed by atoms with E-state index >= 15 is 0 Å². The standard InChI is InChI=1S/C21H27N3O2/c1-20(2)10-9-16-14-24(12-11-21(16,3)26-20)19(25)18-13-17(22-23-18)15-7-5-4-6-8-15/h4-8,13,16H,9-12,14H2,1-3H3,(H,22,23)/t16-,21+/m0/s1. The fourth-order valence-corrected chi connectivity index (χ4v) is 4.39. The highest BCUT2D eigenvalue weighted by atomic mass is 16.5. The number of H-pyrrole nitrogens is 1. The van der Waals surface area contributed by atoms with E-state index in [2.05, 4.69) is 31.0 Å². The van der Waals surface area contributed by atoms with Gasteiger partial charge in [0.15, 0.2) is 0 Å². The SMILES string of the molecule is CC1(C)CC[C@H]2CN(C(=O)c3cc(-c4ccccc4)n[nH]3)CC[C@@]2(C)O1. The molecule has 2 aliphatic heterocycles. The van der Waals surface area contributed by atoms with Crippen molar-refractivity contribution < 1.29 is 9.53 Å². The lowest BCUT2D eigenvalue weighted by Crippen LogP contribution is -2.58. The molecule has 5 nitrogen and oxygen atoms in total. The molecule has 0 bridgehead atoms. The van der Waals surface area contributed by atoms with Gasteiger partial charge in [0.2, 0.25) is 0 Å². The molecular formula is C21H27N3O2. The third kappa shape index (κ3) is 3.16. The van der Waals surface area contributed by atoms with E-state index in [4.69, 9.17) is 4.74 Å². The first-order valence-electron chi connectivity index (χ1n) is 9.47. The molecule has 0 unspecified atom stereocenters. The molecule has 5 heteroatoms. The van der Waals surface area contributed by atoms with Gasteiger partial charge in [-0.25, -0.2) is 0 Å². The molecule has 2 aliphatic rings. The van der Waals surface area contributed by atoms with Crippen LogP contribution in [0.15, 0.2) is 36.4 Å². The highest BCUT2D eigenvalue weighted by molar-refractivity contribution is 5.93. The molecule has 0 saturated carbocycles. The first kappa shape index (κ1) is 17.3. The smallest absolute Gasteiger partial charge is 0.271 e. The summed E-state index contributed by atoms with van der Waals surface area (Å²) in [5.41, 5.74) is 2.19. The largest absolute Gasteiger partial charge is 0.369 e. The first-order valence-corrected chi connectivity index (χ1v) is 9.47. The number of nitrogens with one attached hydrogen (secondary N) is 1. The van der Waals surface area contributed by atoms with E-state index in [0.29, 0.717) is 11.6 Å². The van der Waals surface area contributed by atoms with Crippen molar-refractivity contribution >= 4 is 5.91 Å². The number of amides is 1. The maximum absolute atomic E-state index is 13.0. The van der Waals surface area contributed by atoms with Crippen molar-refractivity contribution in [3.05, 3.63) is 42.1 Å². The highest BCUT2D eigenvalue weighted by Crippen LogP contribution is 2.44. The Bertz CT molecular complexity index is 799. The lowest BCUT2D eigenvalue weighted by Gasteiger charge is -2.53. The van der Waals surface area contributed by atoms with Crippen molar-refractivity contribution in [1.82, 2.24) is 15.1 Å². The molecule has 4 rings (SSSR count). The Morgan fingerprint density at radius 1 is 1.23 bits per heavy atom. The van der Waals surface area contributed by atoms with E-state index in [-0.39, 0.29) is 17.1 Å². The molecule has 2 fully saturated rings. The number of aromatic nitrogens is 2. The van der Waals surface area contributed by atoms with E-state index in [1.54, 1.807) is 0 Å². The van der Waals surface area contributed by atoms with Gasteiger partial charge < -0.3 is 9.64 Å².